The van der Waals surface area contributed by atoms with Gasteiger partial charge in [0.1, 0.15) is 42.5 Å². The molecule has 0 saturated carbocycles. The van der Waals surface area contributed by atoms with Gasteiger partial charge in [-0.2, -0.15) is 0 Å². The predicted molar refractivity (Wildman–Crippen MR) is 116 cm³/mol. The van der Waals surface area contributed by atoms with E-state index in [1.54, 1.807) is 13.0 Å². The van der Waals surface area contributed by atoms with Gasteiger partial charge in [0.15, 0.2) is 17.2 Å². The molecule has 186 valence electrons. The van der Waals surface area contributed by atoms with E-state index in [4.69, 9.17) is 14.2 Å². The standard InChI is InChI=1S/C23H28O11/c1-9(2)12-7-13(24)10(3)4-16(12)33-23-21(30)20(29)19(28)17(34-23)8-32-22(31)11-5-14(25)18(27)15(26)6-11/h4-7,9,17,19-21,23-30H,8H2,1-3H3/t17-,19-,20+,21-,23-/m1/s1. The van der Waals surface area contributed by atoms with Crippen LogP contribution < -0.4 is 4.74 Å². The van der Waals surface area contributed by atoms with Crippen LogP contribution in [0.5, 0.6) is 28.7 Å². The van der Waals surface area contributed by atoms with Crippen LogP contribution in [0, 0.1) is 6.92 Å². The number of phenols is 4. The highest BCUT2D eigenvalue weighted by atomic mass is 16.7. The normalized spacial score (nSPS) is 24.7. The molecule has 3 rings (SSSR count). The lowest BCUT2D eigenvalue weighted by molar-refractivity contribution is -0.277. The lowest BCUT2D eigenvalue weighted by atomic mass is 9.98. The minimum absolute atomic E-state index is 0.0624. The van der Waals surface area contributed by atoms with Crippen molar-refractivity contribution < 1.29 is 54.8 Å². The van der Waals surface area contributed by atoms with E-state index >= 15 is 0 Å². The third kappa shape index (κ3) is 5.12. The van der Waals surface area contributed by atoms with Gasteiger partial charge in [-0.3, -0.25) is 0 Å². The van der Waals surface area contributed by atoms with Crippen molar-refractivity contribution in [3.63, 3.8) is 0 Å². The highest BCUT2D eigenvalue weighted by molar-refractivity contribution is 5.91. The number of hydrogen-bond acceptors (Lipinski definition) is 11. The first-order valence-corrected chi connectivity index (χ1v) is 10.5. The molecule has 34 heavy (non-hydrogen) atoms. The number of carbonyl (C=O) groups is 1. The number of phenolic OH excluding ortho intramolecular Hbond substituents is 4. The quantitative estimate of drug-likeness (QED) is 0.231. The zero-order chi connectivity index (χ0) is 25.3. The average Bonchev–Trinajstić information content (AvgIpc) is 2.78. The number of aryl methyl sites for hydroxylation is 1. The van der Waals surface area contributed by atoms with E-state index in [0.717, 1.165) is 12.1 Å². The highest BCUT2D eigenvalue weighted by Gasteiger charge is 2.45. The van der Waals surface area contributed by atoms with E-state index in [1.807, 2.05) is 13.8 Å². The van der Waals surface area contributed by atoms with E-state index in [0.29, 0.717) is 16.9 Å². The minimum atomic E-state index is -1.69. The maximum absolute atomic E-state index is 12.3. The fraction of sp³-hybridized carbons (Fsp3) is 0.435. The number of esters is 1. The van der Waals surface area contributed by atoms with Crippen LogP contribution in [0.4, 0.5) is 0 Å². The monoisotopic (exact) mass is 480 g/mol. The Morgan fingerprint density at radius 3 is 2.15 bits per heavy atom. The van der Waals surface area contributed by atoms with Crippen LogP contribution in [-0.2, 0) is 9.47 Å². The van der Waals surface area contributed by atoms with Gasteiger partial charge in [-0.25, -0.2) is 4.79 Å². The Kier molecular flexibility index (Phi) is 7.41. The van der Waals surface area contributed by atoms with E-state index < -0.39 is 60.5 Å². The lowest BCUT2D eigenvalue weighted by Gasteiger charge is -2.40. The fourth-order valence-corrected chi connectivity index (χ4v) is 3.48. The van der Waals surface area contributed by atoms with Crippen molar-refractivity contribution in [3.8, 4) is 28.7 Å². The lowest BCUT2D eigenvalue weighted by Crippen LogP contribution is -2.60. The third-order valence-corrected chi connectivity index (χ3v) is 5.55. The number of rotatable bonds is 6. The molecular formula is C23H28O11. The van der Waals surface area contributed by atoms with Gasteiger partial charge < -0.3 is 50.0 Å². The molecule has 2 aromatic carbocycles. The third-order valence-electron chi connectivity index (χ3n) is 5.55. The summed E-state index contributed by atoms with van der Waals surface area (Å²) < 4.78 is 16.4. The van der Waals surface area contributed by atoms with Gasteiger partial charge in [0.05, 0.1) is 5.56 Å². The molecule has 1 aliphatic rings. The molecule has 0 unspecified atom stereocenters. The van der Waals surface area contributed by atoms with Crippen molar-refractivity contribution in [2.24, 2.45) is 0 Å². The molecule has 7 N–H and O–H groups in total. The summed E-state index contributed by atoms with van der Waals surface area (Å²) in [6.45, 7) is 4.83. The fourth-order valence-electron chi connectivity index (χ4n) is 3.48. The van der Waals surface area contributed by atoms with Crippen molar-refractivity contribution in [1.82, 2.24) is 0 Å². The Morgan fingerprint density at radius 2 is 1.56 bits per heavy atom. The van der Waals surface area contributed by atoms with Crippen molar-refractivity contribution in [3.05, 3.63) is 41.0 Å². The summed E-state index contributed by atoms with van der Waals surface area (Å²) in [4.78, 5) is 12.3. The highest BCUT2D eigenvalue weighted by Crippen LogP contribution is 2.36. The Balaban J connectivity index is 1.75. The number of carbonyl (C=O) groups excluding carboxylic acids is 1. The molecule has 1 saturated heterocycles. The Labute approximate surface area is 195 Å². The summed E-state index contributed by atoms with van der Waals surface area (Å²) in [6.07, 6.45) is -7.69. The van der Waals surface area contributed by atoms with Crippen LogP contribution in [-0.4, -0.2) is 79.0 Å². The molecule has 5 atom stereocenters. The van der Waals surface area contributed by atoms with Crippen molar-refractivity contribution in [1.29, 1.82) is 0 Å². The van der Waals surface area contributed by atoms with Gasteiger partial charge in [-0.05, 0) is 42.7 Å². The molecule has 0 aromatic heterocycles. The van der Waals surface area contributed by atoms with Gasteiger partial charge in [0.2, 0.25) is 6.29 Å². The molecule has 0 amide bonds. The van der Waals surface area contributed by atoms with E-state index in [2.05, 4.69) is 0 Å². The Bertz CT molecular complexity index is 1030. The second kappa shape index (κ2) is 9.94. The second-order valence-electron chi connectivity index (χ2n) is 8.43. The SMILES string of the molecule is Cc1cc(O[C@@H]2O[C@H](COC(=O)c3cc(O)c(O)c(O)c3)[C@@H](O)[C@H](O)[C@H]2O)c(C(C)C)cc1O. The topological polar surface area (TPSA) is 186 Å². The molecule has 0 spiro atoms. The molecule has 2 aromatic rings. The van der Waals surface area contributed by atoms with Crippen LogP contribution in [0.15, 0.2) is 24.3 Å². The summed E-state index contributed by atoms with van der Waals surface area (Å²) in [7, 11) is 0. The molecule has 11 heteroatoms. The number of hydrogen-bond donors (Lipinski definition) is 7. The van der Waals surface area contributed by atoms with Crippen molar-refractivity contribution in [2.45, 2.75) is 57.4 Å². The average molecular weight is 480 g/mol. The summed E-state index contributed by atoms with van der Waals surface area (Å²) in [6, 6.07) is 4.83. The minimum Gasteiger partial charge on any atom is -0.508 e. The zero-order valence-corrected chi connectivity index (χ0v) is 18.7. The summed E-state index contributed by atoms with van der Waals surface area (Å²) in [5.41, 5.74) is 0.846. The number of aliphatic hydroxyl groups excluding tert-OH is 3. The van der Waals surface area contributed by atoms with Gasteiger partial charge in [0, 0.05) is 5.56 Å². The van der Waals surface area contributed by atoms with Crippen LogP contribution in [0.25, 0.3) is 0 Å². The van der Waals surface area contributed by atoms with E-state index in [9.17, 15) is 40.5 Å². The maximum atomic E-state index is 12.3. The molecule has 0 aliphatic carbocycles. The summed E-state index contributed by atoms with van der Waals surface area (Å²) in [5.74, 6) is -3.00. The number of aliphatic hydroxyl groups is 3. The van der Waals surface area contributed by atoms with Crippen LogP contribution >= 0.6 is 0 Å². The summed E-state index contributed by atoms with van der Waals surface area (Å²) in [5, 5.41) is 69.5. The van der Waals surface area contributed by atoms with Crippen LogP contribution in [0.3, 0.4) is 0 Å². The number of aromatic hydroxyl groups is 4. The maximum Gasteiger partial charge on any atom is 0.338 e. The first-order valence-electron chi connectivity index (χ1n) is 10.5. The molecular weight excluding hydrogens is 452 g/mol. The van der Waals surface area contributed by atoms with E-state index in [1.165, 1.54) is 6.07 Å². The molecule has 1 fully saturated rings. The largest absolute Gasteiger partial charge is 0.508 e. The number of ether oxygens (including phenoxy) is 3. The second-order valence-corrected chi connectivity index (χ2v) is 8.43. The van der Waals surface area contributed by atoms with Gasteiger partial charge in [-0.1, -0.05) is 13.8 Å². The smallest absolute Gasteiger partial charge is 0.338 e. The van der Waals surface area contributed by atoms with Crippen molar-refractivity contribution >= 4 is 5.97 Å². The van der Waals surface area contributed by atoms with Crippen LogP contribution in [0.2, 0.25) is 0 Å². The Morgan fingerprint density at radius 1 is 0.941 bits per heavy atom. The van der Waals surface area contributed by atoms with Gasteiger partial charge in [-0.15, -0.1) is 0 Å². The first-order chi connectivity index (χ1) is 15.9. The van der Waals surface area contributed by atoms with Crippen molar-refractivity contribution in [2.75, 3.05) is 6.61 Å². The molecule has 0 bridgehead atoms. The van der Waals surface area contributed by atoms with Crippen LogP contribution in [0.1, 0.15) is 41.3 Å². The summed E-state index contributed by atoms with van der Waals surface area (Å²) >= 11 is 0. The van der Waals surface area contributed by atoms with Gasteiger partial charge in [0.25, 0.3) is 0 Å². The first kappa shape index (κ1) is 25.4. The zero-order valence-electron chi connectivity index (χ0n) is 18.7. The molecule has 1 aliphatic heterocycles. The predicted octanol–water partition coefficient (Wildman–Crippen LogP) is 0.984. The number of benzene rings is 2. The van der Waals surface area contributed by atoms with E-state index in [-0.39, 0.29) is 17.2 Å². The Hall–Kier alpha value is -3.25. The molecule has 0 radical (unpaired) electrons. The van der Waals surface area contributed by atoms with Gasteiger partial charge >= 0.3 is 5.97 Å². The molecule has 1 heterocycles. The molecule has 11 nitrogen and oxygen atoms in total.